The summed E-state index contributed by atoms with van der Waals surface area (Å²) in [5.41, 5.74) is 17.6. The Balaban J connectivity index is 0.937. The smallest absolute Gasteiger partial charge is 0.0704 e. The topological polar surface area (TPSA) is 21.9 Å². The maximum Gasteiger partial charge on any atom is 0.0704 e. The molecular formula is C59H47N3. The van der Waals surface area contributed by atoms with Gasteiger partial charge in [-0.05, 0) is 120 Å². The SMILES string of the molecule is C1=CCC(C2=CC(C3=CCCC=C3c3ccc4c(c3)c3ccccc3n4-c3ccc(-c4cccc5c6ccccc6n(C6=CCCC=C6)c45)cc3)=CC(c3ccccc3)N2)C=C1. The van der Waals surface area contributed by atoms with Crippen molar-refractivity contribution in [3.05, 3.63) is 234 Å². The molecule has 1 aliphatic heterocycles. The number of para-hydroxylation sites is 3. The van der Waals surface area contributed by atoms with Crippen LogP contribution in [-0.2, 0) is 0 Å². The van der Waals surface area contributed by atoms with Crippen molar-refractivity contribution < 1.29 is 0 Å². The lowest BCUT2D eigenvalue weighted by molar-refractivity contribution is 0.604. The summed E-state index contributed by atoms with van der Waals surface area (Å²) in [6, 6.07) is 51.8. The molecule has 2 atom stereocenters. The predicted octanol–water partition coefficient (Wildman–Crippen LogP) is 15.1. The van der Waals surface area contributed by atoms with E-state index in [0.29, 0.717) is 5.92 Å². The van der Waals surface area contributed by atoms with Crippen LogP contribution in [0.25, 0.3) is 71.7 Å². The number of hydrogen-bond acceptors (Lipinski definition) is 1. The number of benzene rings is 6. The zero-order chi connectivity index (χ0) is 41.0. The average molecular weight is 798 g/mol. The van der Waals surface area contributed by atoms with E-state index >= 15 is 0 Å². The van der Waals surface area contributed by atoms with Crippen molar-refractivity contribution in [2.75, 3.05) is 0 Å². The molecule has 2 unspecified atom stereocenters. The van der Waals surface area contributed by atoms with E-state index in [1.165, 1.54) is 94.0 Å². The fourth-order valence-electron chi connectivity index (χ4n) is 10.4. The number of hydrogen-bond donors (Lipinski definition) is 1. The second-order valence-electron chi connectivity index (χ2n) is 17.0. The first kappa shape index (κ1) is 36.5. The van der Waals surface area contributed by atoms with Gasteiger partial charge in [0.05, 0.1) is 28.1 Å². The fraction of sp³-hybridized carbons (Fsp3) is 0.119. The van der Waals surface area contributed by atoms with Crippen LogP contribution in [0.3, 0.4) is 0 Å². The summed E-state index contributed by atoms with van der Waals surface area (Å²) in [6.45, 7) is 0. The van der Waals surface area contributed by atoms with Crippen LogP contribution >= 0.6 is 0 Å². The standard InChI is InChI=1S/C59H47N3/c1-4-17-41(18-5-1)54-38-44(39-55(60-54)42-19-6-2-7-20-42)48-24-11-10-23-47(48)43-33-36-58-53(37-43)51-26-13-14-29-56(51)61(58)46-34-31-40(32-35-46)49-27-16-28-52-50-25-12-15-30-57(50)62(59(49)52)45-21-8-3-9-22-45/h1-2,4-8,12-19,21-39,42,54,60H,3,9-11,20H2. The van der Waals surface area contributed by atoms with Crippen molar-refractivity contribution in [1.82, 2.24) is 14.5 Å². The van der Waals surface area contributed by atoms with Gasteiger partial charge in [-0.15, -0.1) is 0 Å². The molecule has 298 valence electrons. The van der Waals surface area contributed by atoms with Gasteiger partial charge in [-0.3, -0.25) is 0 Å². The van der Waals surface area contributed by atoms with E-state index in [2.05, 4.69) is 221 Å². The third kappa shape index (κ3) is 6.19. The van der Waals surface area contributed by atoms with E-state index in [0.717, 1.165) is 37.8 Å². The molecule has 0 saturated carbocycles. The molecule has 0 spiro atoms. The maximum absolute atomic E-state index is 3.91. The normalized spacial score (nSPS) is 18.7. The van der Waals surface area contributed by atoms with Crippen LogP contribution in [0.15, 0.2) is 223 Å². The number of nitrogens with one attached hydrogen (secondary N) is 1. The number of fused-ring (bicyclic) bond motifs is 6. The minimum atomic E-state index is 0.103. The van der Waals surface area contributed by atoms with Gasteiger partial charge in [0.15, 0.2) is 0 Å². The number of allylic oxidation sites excluding steroid dienone is 14. The molecule has 8 aromatic rings. The van der Waals surface area contributed by atoms with E-state index < -0.39 is 0 Å². The highest BCUT2D eigenvalue weighted by atomic mass is 15.0. The maximum atomic E-state index is 3.91. The van der Waals surface area contributed by atoms with Gasteiger partial charge in [-0.25, -0.2) is 0 Å². The van der Waals surface area contributed by atoms with Gasteiger partial charge >= 0.3 is 0 Å². The van der Waals surface area contributed by atoms with Crippen LogP contribution in [0.4, 0.5) is 0 Å². The van der Waals surface area contributed by atoms with Gasteiger partial charge in [-0.2, -0.15) is 0 Å². The number of dihydropyridines is 1. The highest BCUT2D eigenvalue weighted by Crippen LogP contribution is 2.43. The Hall–Kier alpha value is -7.36. The summed E-state index contributed by atoms with van der Waals surface area (Å²) in [7, 11) is 0. The molecule has 0 amide bonds. The lowest BCUT2D eigenvalue weighted by atomic mass is 9.82. The van der Waals surface area contributed by atoms with Crippen LogP contribution in [0.2, 0.25) is 0 Å². The number of nitrogens with zero attached hydrogens (tertiary/aromatic N) is 2. The highest BCUT2D eigenvalue weighted by molar-refractivity contribution is 6.15. The van der Waals surface area contributed by atoms with Crippen molar-refractivity contribution in [3.8, 4) is 16.8 Å². The molecule has 12 rings (SSSR count). The molecule has 0 radical (unpaired) electrons. The molecule has 0 fully saturated rings. The first-order valence-electron chi connectivity index (χ1n) is 22.3. The van der Waals surface area contributed by atoms with E-state index in [4.69, 9.17) is 0 Å². The molecule has 1 N–H and O–H groups in total. The summed E-state index contributed by atoms with van der Waals surface area (Å²) < 4.78 is 4.92. The molecule has 6 aromatic carbocycles. The second-order valence-corrected chi connectivity index (χ2v) is 17.0. The fourth-order valence-corrected chi connectivity index (χ4v) is 10.4. The molecule has 62 heavy (non-hydrogen) atoms. The van der Waals surface area contributed by atoms with Crippen molar-refractivity contribution in [2.45, 2.75) is 38.1 Å². The molecule has 3 nitrogen and oxygen atoms in total. The van der Waals surface area contributed by atoms with Gasteiger partial charge < -0.3 is 14.5 Å². The summed E-state index contributed by atoms with van der Waals surface area (Å²) in [4.78, 5) is 0. The van der Waals surface area contributed by atoms with Crippen molar-refractivity contribution >= 4 is 54.9 Å². The van der Waals surface area contributed by atoms with Crippen molar-refractivity contribution in [1.29, 1.82) is 0 Å². The van der Waals surface area contributed by atoms with Gasteiger partial charge in [0, 0.05) is 50.1 Å². The third-order valence-corrected chi connectivity index (χ3v) is 13.3. The number of aromatic nitrogens is 2. The molecule has 2 aromatic heterocycles. The first-order valence-corrected chi connectivity index (χ1v) is 22.3. The van der Waals surface area contributed by atoms with Gasteiger partial charge in [0.2, 0.25) is 0 Å². The molecule has 0 saturated heterocycles. The summed E-state index contributed by atoms with van der Waals surface area (Å²) in [6.07, 6.45) is 31.0. The molecule has 0 bridgehead atoms. The summed E-state index contributed by atoms with van der Waals surface area (Å²) >= 11 is 0. The zero-order valence-electron chi connectivity index (χ0n) is 34.7. The average Bonchev–Trinajstić information content (AvgIpc) is 3.87. The van der Waals surface area contributed by atoms with Gasteiger partial charge in [-0.1, -0.05) is 152 Å². The molecule has 4 aliphatic rings. The van der Waals surface area contributed by atoms with Crippen molar-refractivity contribution in [2.24, 2.45) is 5.92 Å². The van der Waals surface area contributed by atoms with Crippen LogP contribution in [0, 0.1) is 5.92 Å². The van der Waals surface area contributed by atoms with Crippen molar-refractivity contribution in [3.63, 3.8) is 0 Å². The third-order valence-electron chi connectivity index (χ3n) is 13.3. The quantitative estimate of drug-likeness (QED) is 0.170. The Bertz CT molecular complexity index is 3330. The molecule has 3 heterocycles. The Morgan fingerprint density at radius 1 is 0.532 bits per heavy atom. The zero-order valence-corrected chi connectivity index (χ0v) is 34.7. The minimum Gasteiger partial charge on any atom is -0.377 e. The molecule has 3 heteroatoms. The number of rotatable bonds is 7. The Labute approximate surface area is 363 Å². The highest BCUT2D eigenvalue weighted by Gasteiger charge is 2.25. The largest absolute Gasteiger partial charge is 0.377 e. The van der Waals surface area contributed by atoms with Crippen LogP contribution in [0.5, 0.6) is 0 Å². The van der Waals surface area contributed by atoms with Gasteiger partial charge in [0.1, 0.15) is 0 Å². The van der Waals surface area contributed by atoms with E-state index in [9.17, 15) is 0 Å². The van der Waals surface area contributed by atoms with E-state index in [-0.39, 0.29) is 6.04 Å². The van der Waals surface area contributed by atoms with E-state index in [1.54, 1.807) is 0 Å². The lowest BCUT2D eigenvalue weighted by Crippen LogP contribution is -2.27. The van der Waals surface area contributed by atoms with Crippen LogP contribution in [-0.4, -0.2) is 9.13 Å². The van der Waals surface area contributed by atoms with Crippen LogP contribution < -0.4 is 5.32 Å². The van der Waals surface area contributed by atoms with E-state index in [1.807, 2.05) is 0 Å². The summed E-state index contributed by atoms with van der Waals surface area (Å²) in [5.74, 6) is 0.333. The molecular weight excluding hydrogens is 751 g/mol. The Morgan fingerprint density at radius 2 is 1.24 bits per heavy atom. The minimum absolute atomic E-state index is 0.103. The monoisotopic (exact) mass is 797 g/mol. The van der Waals surface area contributed by atoms with Crippen LogP contribution in [0.1, 0.15) is 49.3 Å². The Kier molecular flexibility index (Phi) is 8.99. The summed E-state index contributed by atoms with van der Waals surface area (Å²) in [5, 5.41) is 9.02. The first-order chi connectivity index (χ1) is 30.8. The Morgan fingerprint density at radius 3 is 2.03 bits per heavy atom. The second kappa shape index (κ2) is 15.3. The van der Waals surface area contributed by atoms with Gasteiger partial charge in [0.25, 0.3) is 0 Å². The lowest BCUT2D eigenvalue weighted by Gasteiger charge is -2.31. The predicted molar refractivity (Wildman–Crippen MR) is 262 cm³/mol. The molecule has 3 aliphatic carbocycles.